The maximum absolute atomic E-state index is 14.3. The van der Waals surface area contributed by atoms with Crippen LogP contribution in [0.2, 0.25) is 0 Å². The van der Waals surface area contributed by atoms with Gasteiger partial charge >= 0.3 is 77.0 Å². The molecule has 35 nitrogen and oxygen atoms in total. The number of benzene rings is 8. The van der Waals surface area contributed by atoms with Crippen molar-refractivity contribution >= 4 is 144 Å². The quantitative estimate of drug-likeness (QED) is 0.00530. The molecule has 2 saturated carbocycles. The summed E-state index contributed by atoms with van der Waals surface area (Å²) in [7, 11) is 12.7. The molecule has 8 heterocycles. The normalized spacial score (nSPS) is 17.7. The fourth-order valence-corrected chi connectivity index (χ4v) is 18.0. The number of aliphatic hydroxyl groups is 4. The number of aromatic nitrogens is 5. The van der Waals surface area contributed by atoms with Gasteiger partial charge in [-0.25, -0.2) is 4.79 Å². The molecule has 42 heteroatoms. The number of aliphatic hydroxyl groups excluding tert-OH is 2. The van der Waals surface area contributed by atoms with E-state index in [2.05, 4.69) is 109 Å². The Morgan fingerprint density at radius 2 is 0.847 bits per heavy atom. The third-order valence-electron chi connectivity index (χ3n) is 22.9. The number of rotatable bonds is 19. The molecule has 150 heavy (non-hydrogen) atoms. The van der Waals surface area contributed by atoms with Crippen LogP contribution in [0.25, 0.3) is 34.4 Å². The number of ketones is 3. The number of methoxy groups -OCH3 is 8. The topological polar surface area (TPSA) is 542 Å². The van der Waals surface area contributed by atoms with Crippen LogP contribution in [0.1, 0.15) is 102 Å². The van der Waals surface area contributed by atoms with Crippen molar-refractivity contribution in [3.63, 3.8) is 0 Å². The zero-order valence-corrected chi connectivity index (χ0v) is 93.9. The molecule has 18 rings (SSSR count). The maximum Gasteiger partial charge on any atom is 1.00 e. The summed E-state index contributed by atoms with van der Waals surface area (Å²) in [5, 5.41) is 92.9. The number of Topliss-reactive ketones (excluding diaryl/α,β-unsaturated/α-hetero) is 2. The number of aromatic hydroxyl groups is 3. The van der Waals surface area contributed by atoms with E-state index in [4.69, 9.17) is 67.8 Å². The molecule has 2 bridgehead atoms. The molecule has 0 saturated heterocycles. The van der Waals surface area contributed by atoms with Gasteiger partial charge in [-0.2, -0.15) is 7.11 Å². The first-order valence-corrected chi connectivity index (χ1v) is 47.1. The van der Waals surface area contributed by atoms with Gasteiger partial charge in [0.05, 0.1) is 142 Å². The van der Waals surface area contributed by atoms with Crippen molar-refractivity contribution in [1.82, 2.24) is 24.9 Å². The Morgan fingerprint density at radius 1 is 0.453 bits per heavy atom. The van der Waals surface area contributed by atoms with E-state index in [-0.39, 0.29) is 175 Å². The number of esters is 3. The van der Waals surface area contributed by atoms with Gasteiger partial charge in [0.25, 0.3) is 0 Å². The second kappa shape index (κ2) is 60.4. The van der Waals surface area contributed by atoms with Crippen molar-refractivity contribution in [1.29, 1.82) is 0 Å². The van der Waals surface area contributed by atoms with Crippen LogP contribution in [0, 0.1) is 11.8 Å². The number of carbonyl (C=O) groups excluding carboxylic acids is 7. The van der Waals surface area contributed by atoms with Crippen LogP contribution in [0.4, 0.5) is 0 Å². The Labute approximate surface area is 948 Å². The molecule has 0 amide bonds. The zero-order valence-electron chi connectivity index (χ0n) is 82.0. The summed E-state index contributed by atoms with van der Waals surface area (Å²) in [6.07, 6.45) is 19.2. The fourth-order valence-electron chi connectivity index (χ4n) is 16.7. The number of aldehydes is 1. The minimum atomic E-state index is -2.26. The molecule has 14 aromatic rings. The van der Waals surface area contributed by atoms with E-state index in [0.29, 0.717) is 39.1 Å². The molecule has 0 radical (unpaired) electrons. The second-order valence-electron chi connectivity index (χ2n) is 30.8. The predicted octanol–water partition coefficient (Wildman–Crippen LogP) is 11.7. The van der Waals surface area contributed by atoms with Crippen molar-refractivity contribution in [3.8, 4) is 68.8 Å². The fraction of sp³-hybridized carbons (Fsp3) is 0.194. The molecule has 2 unspecified atom stereocenters. The van der Waals surface area contributed by atoms with Crippen molar-refractivity contribution in [2.24, 2.45) is 11.8 Å². The van der Waals surface area contributed by atoms with E-state index in [1.165, 1.54) is 138 Å². The van der Waals surface area contributed by atoms with Gasteiger partial charge < -0.3 is 98.1 Å². The van der Waals surface area contributed by atoms with Crippen molar-refractivity contribution in [3.05, 3.63) is 380 Å². The number of nitrogens with zero attached hydrogens (tertiary/aromatic N) is 5. The summed E-state index contributed by atoms with van der Waals surface area (Å²) in [6, 6.07) is 64.0. The summed E-state index contributed by atoms with van der Waals surface area (Å²) < 4.78 is 63.7. The minimum absolute atomic E-state index is 0. The third kappa shape index (κ3) is 28.2. The molecule has 0 spiro atoms. The number of allylic oxidation sites excluding steroid dienone is 1. The van der Waals surface area contributed by atoms with Gasteiger partial charge in [-0.05, 0) is 120 Å². The Balaban J connectivity index is 0.000000316. The van der Waals surface area contributed by atoms with Gasteiger partial charge in [-0.1, -0.05) is 233 Å². The monoisotopic (exact) mass is 2390 g/mol. The van der Waals surface area contributed by atoms with Crippen LogP contribution >= 0.6 is 79.6 Å². The summed E-state index contributed by atoms with van der Waals surface area (Å²) in [5.74, 6) is -6.06. The molecule has 2 aliphatic carbocycles. The second-order valence-corrected chi connectivity index (χ2v) is 35.4. The van der Waals surface area contributed by atoms with E-state index in [1.807, 2.05) is 152 Å². The molecular formula is C108H102Br5N5Na2O30. The molecule has 2 fully saturated rings. The van der Waals surface area contributed by atoms with Crippen molar-refractivity contribution in [2.45, 2.75) is 54.7 Å². The van der Waals surface area contributed by atoms with Gasteiger partial charge in [-0.15, -0.1) is 0 Å². The molecule has 4 aliphatic rings. The average molecular weight is 2400 g/mol. The summed E-state index contributed by atoms with van der Waals surface area (Å²) in [6.45, 7) is 1.36. The van der Waals surface area contributed by atoms with Gasteiger partial charge in [0, 0.05) is 58.2 Å². The smallest absolute Gasteiger partial charge is 0.870 e. The van der Waals surface area contributed by atoms with Crippen molar-refractivity contribution < 1.29 is 201 Å². The van der Waals surface area contributed by atoms with Gasteiger partial charge in [0.2, 0.25) is 22.6 Å². The predicted molar refractivity (Wildman–Crippen MR) is 562 cm³/mol. The Morgan fingerprint density at radius 3 is 1.31 bits per heavy atom. The zero-order chi connectivity index (χ0) is 107. The maximum atomic E-state index is 14.3. The van der Waals surface area contributed by atoms with E-state index in [9.17, 15) is 69.0 Å². The first-order chi connectivity index (χ1) is 70.3. The molecule has 2 aliphatic heterocycles. The van der Waals surface area contributed by atoms with Crippen LogP contribution in [0.3, 0.4) is 0 Å². The van der Waals surface area contributed by atoms with Crippen LogP contribution in [-0.4, -0.2) is 195 Å². The Hall–Kier alpha value is -12.6. The number of ether oxygens (including phenoxy) is 10. The first-order valence-electron chi connectivity index (χ1n) is 43.1. The third-order valence-corrected chi connectivity index (χ3v) is 25.6. The van der Waals surface area contributed by atoms with E-state index in [0.717, 1.165) is 54.0 Å². The molecular weight excluding hydrogens is 2290 g/mol. The van der Waals surface area contributed by atoms with Crippen LogP contribution in [-0.2, 0) is 55.8 Å². The van der Waals surface area contributed by atoms with E-state index in [1.54, 1.807) is 72.8 Å². The largest absolute Gasteiger partial charge is 1.00 e. The van der Waals surface area contributed by atoms with Crippen LogP contribution in [0.5, 0.6) is 57.5 Å². The van der Waals surface area contributed by atoms with Gasteiger partial charge in [0.15, 0.2) is 57.0 Å². The van der Waals surface area contributed by atoms with Crippen LogP contribution in [0.15, 0.2) is 318 Å². The Kier molecular flexibility index (Phi) is 51.5. The van der Waals surface area contributed by atoms with Gasteiger partial charge in [0.1, 0.15) is 69.3 Å². The summed E-state index contributed by atoms with van der Waals surface area (Å²) in [4.78, 5) is 117. The average Bonchev–Trinajstić information content (AvgIpc) is 1.49. The van der Waals surface area contributed by atoms with Gasteiger partial charge in [-0.3, -0.25) is 69.0 Å². The number of fused-ring (bicyclic) bond motifs is 8. The minimum Gasteiger partial charge on any atom is -0.870 e. The Bertz CT molecular complexity index is 6970. The summed E-state index contributed by atoms with van der Waals surface area (Å²) in [5.41, 5.74) is -1.61. The molecule has 10 N–H and O–H groups in total. The number of carbonyl (C=O) groups is 7. The molecule has 6 aromatic heterocycles. The van der Waals surface area contributed by atoms with Crippen molar-refractivity contribution in [2.75, 3.05) is 71.1 Å². The first kappa shape index (κ1) is 128. The number of pyridine rings is 5. The standard InChI is InChI=1S/C25H22BrNO6.C25H20BrNO6.C15H10BrNO4.C15H12BrNO3.C10H10O2.C8H9NO3.C7H5BrO.CH4O.CH3O.CH4.2Na.H2O2.H2O/c1-31-17-12-27-13-18-21(17)24(30)22(28)19(23(29)32-2)20(14-6-4-3-5-7-14)25(24,33-18)15-8-10-16(26)11-9-15;1-31-17-12-27-13-18-20(17)24(30)21(22(28)32-2)19(14-6-4-3-5-7-14)25(33-18,23(24)29)15-8-10-16(26)11-9-15;1-20-10-6-17-7-11-12(10)13(18)14(19)15(21-11)8-2-4-9(16)5-3-8;1-20-14-9-17-8-13(19)15(14)12(18)7-4-10-2-5-11(16)6-3-10;1-12-10(11)8-7-9-5-3-2-4-6-9;1-5(10)8-6(11)3-9-4-7(8)12-2;8-7-3-1-6(5-9)2-4-7;2*1-2;;;;1-2;/h3-13,19-20,22,28,30H,1-2H3;3-13,19,21,30H,1-2H3;2-7,19H,1H3;2-9,19H,1H3;2-8H,1H3;3-4,11H,1-2H3;1-5H;2H,1H3;1H3;1H4;;;1-2H;1H2/q;;;;;;;;-1;;2*+1;;/p-1/b;;;7-4+;8-7+;;;;;;;;;/t19-,20-,22-,24+,25+;19-,21?,24?,25+;;;;;;;;;;;;/m11............/s1. The van der Waals surface area contributed by atoms with E-state index < -0.39 is 81.1 Å². The van der Waals surface area contributed by atoms with Crippen LogP contribution < -0.4 is 103 Å². The summed E-state index contributed by atoms with van der Waals surface area (Å²) >= 11 is 16.8. The number of hydrogen-bond acceptors (Lipinski definition) is 35. The number of halogens is 5. The molecule has 9 atom stereocenters. The SMILES string of the molecule is C.CO.COC(=O)/C=C/c1ccccc1.COC(=O)C1[C@@H](c2ccccc2)[C@]2(c3ccc(Br)cc3)Oc3cncc(OC)c3C1(O)C2=O.COC(=O)[C@H]1[C@@H](O)[C@@]2(O)c3c(OC)cncc3O[C@@]2(c2ccc(Br)cc2)[C@@H]1c1ccccc1.COc1cncc(O)c1C(=O)/C=C/c1ccc(Br)cc1.COc1cncc(O)c1C(C)=O.COc1cncc2oc(-c3ccc(Br)cc3)c(O)c(=O)c12.C[O-].O=Cc1ccc(Br)cc1.OO.[Na+].[Na+].[OH-]. The number of hydrogen-bond donors (Lipinski definition) is 9. The van der Waals surface area contributed by atoms with E-state index >= 15 is 0 Å². The molecule has 776 valence electrons. The molecule has 8 aromatic carbocycles.